The largest absolute Gasteiger partial charge is 0.472 e. The Kier molecular flexibility index (Phi) is 6.81. The number of rotatable bonds is 6. The fraction of sp³-hybridized carbons (Fsp3) is 0.636. The topological polar surface area (TPSA) is 124 Å². The van der Waals surface area contributed by atoms with Crippen molar-refractivity contribution < 1.29 is 31.8 Å². The zero-order valence-electron chi connectivity index (χ0n) is 26.8. The number of nitrogens with zero attached hydrogens (tertiary/aromatic N) is 6. The molecule has 0 radical (unpaired) electrons. The Bertz CT molecular complexity index is 1810. The number of ether oxygens (including phenoxy) is 3. The fourth-order valence-electron chi connectivity index (χ4n) is 8.93. The Hall–Kier alpha value is -3.56. The molecule has 2 bridgehead atoms. The second-order valence-corrected chi connectivity index (χ2v) is 14.5. The molecule has 0 spiro atoms. The molecule has 6 atom stereocenters. The highest BCUT2D eigenvalue weighted by Gasteiger charge is 2.50. The van der Waals surface area contributed by atoms with Crippen molar-refractivity contribution in [1.82, 2.24) is 30.2 Å². The summed E-state index contributed by atoms with van der Waals surface area (Å²) in [5.74, 6) is -0.821. The molecule has 8 heterocycles. The van der Waals surface area contributed by atoms with Gasteiger partial charge in [0, 0.05) is 55.3 Å². The number of alkyl halides is 3. The number of nitrogens with two attached hydrogens (primary N) is 1. The molecule has 5 aliphatic heterocycles. The average molecular weight is 671 g/mol. The maximum atomic E-state index is 16.8. The van der Waals surface area contributed by atoms with Crippen molar-refractivity contribution in [1.29, 1.82) is 0 Å². The number of halogens is 4. The van der Waals surface area contributed by atoms with Crippen LogP contribution >= 0.6 is 0 Å². The number of anilines is 2. The summed E-state index contributed by atoms with van der Waals surface area (Å²) in [7, 11) is 0. The van der Waals surface area contributed by atoms with Crippen LogP contribution in [0.15, 0.2) is 6.07 Å². The van der Waals surface area contributed by atoms with Crippen molar-refractivity contribution in [3.63, 3.8) is 0 Å². The minimum Gasteiger partial charge on any atom is -0.472 e. The van der Waals surface area contributed by atoms with Crippen LogP contribution in [-0.4, -0.2) is 94.1 Å². The van der Waals surface area contributed by atoms with E-state index in [-0.39, 0.29) is 57.8 Å². The Morgan fingerprint density at radius 1 is 1.12 bits per heavy atom. The summed E-state index contributed by atoms with van der Waals surface area (Å²) in [5, 5.41) is 3.88. The molecule has 3 N–H and O–H groups in total. The van der Waals surface area contributed by atoms with Gasteiger partial charge in [0.1, 0.15) is 34.3 Å². The van der Waals surface area contributed by atoms with Crippen LogP contribution in [0.3, 0.4) is 0 Å². The monoisotopic (exact) mass is 670 g/mol. The van der Waals surface area contributed by atoms with Crippen molar-refractivity contribution in [3.8, 4) is 23.1 Å². The minimum atomic E-state index is -4.85. The van der Waals surface area contributed by atoms with E-state index in [1.54, 1.807) is 0 Å². The Labute approximate surface area is 274 Å². The van der Waals surface area contributed by atoms with Gasteiger partial charge in [-0.3, -0.25) is 4.90 Å². The first-order chi connectivity index (χ1) is 23.0. The van der Waals surface area contributed by atoms with Crippen LogP contribution < -0.4 is 25.4 Å². The number of nitrogen functional groups attached to an aromatic ring is 1. The van der Waals surface area contributed by atoms with Gasteiger partial charge in [-0.25, -0.2) is 14.4 Å². The van der Waals surface area contributed by atoms with E-state index in [0.717, 1.165) is 64.3 Å². The number of likely N-dealkylation sites (tertiary alicyclic amines) is 1. The van der Waals surface area contributed by atoms with Gasteiger partial charge in [0.25, 0.3) is 0 Å². The molecule has 48 heavy (non-hydrogen) atoms. The standard InChI is InChI=1S/C33H38F4N8O3/c1-15-24(33(35,36)37)18(11-22(38)39-15)26-25(34)27-23-29(45-12-17-3-4-19(40-17)28(45)16(2)48-30(23)41-26)43-31(42-27)47-14-32(7-8-32)13-44-9-5-21-20(44)6-10-46-21/h11,16-17,19-21,28,40H,3-10,12-14H2,1-2H3,(H2,38,39)/t16-,17+,19-,20+,21+,28+/m0/s1. The van der Waals surface area contributed by atoms with Crippen molar-refractivity contribution in [2.24, 2.45) is 5.41 Å². The third-order valence-electron chi connectivity index (χ3n) is 11.3. The first-order valence-corrected chi connectivity index (χ1v) is 16.9. The molecule has 5 fully saturated rings. The van der Waals surface area contributed by atoms with Gasteiger partial charge in [0.05, 0.1) is 30.0 Å². The molecule has 0 unspecified atom stereocenters. The summed E-state index contributed by atoms with van der Waals surface area (Å²) in [6.45, 7) is 6.70. The van der Waals surface area contributed by atoms with E-state index in [1.165, 1.54) is 6.92 Å². The highest BCUT2D eigenvalue weighted by atomic mass is 19.4. The maximum absolute atomic E-state index is 16.8. The van der Waals surface area contributed by atoms with E-state index < -0.39 is 34.9 Å². The third-order valence-corrected chi connectivity index (χ3v) is 11.3. The summed E-state index contributed by atoms with van der Waals surface area (Å²) in [4.78, 5) is 22.3. The van der Waals surface area contributed by atoms with Crippen LogP contribution in [-0.2, 0) is 10.9 Å². The molecule has 1 aliphatic carbocycles. The summed E-state index contributed by atoms with van der Waals surface area (Å²) in [6.07, 6.45) is 0.963. The normalized spacial score (nSPS) is 30.2. The Balaban J connectivity index is 1.16. The van der Waals surface area contributed by atoms with Gasteiger partial charge in [0.15, 0.2) is 5.82 Å². The van der Waals surface area contributed by atoms with E-state index in [9.17, 15) is 13.2 Å². The number of aromatic nitrogens is 4. The summed E-state index contributed by atoms with van der Waals surface area (Å²) in [5.41, 5.74) is 3.04. The molecular weight excluding hydrogens is 632 g/mol. The summed E-state index contributed by atoms with van der Waals surface area (Å²) in [6, 6.07) is 1.54. The number of hydrogen-bond donors (Lipinski definition) is 2. The Morgan fingerprint density at radius 2 is 1.96 bits per heavy atom. The zero-order valence-corrected chi connectivity index (χ0v) is 26.8. The van der Waals surface area contributed by atoms with Gasteiger partial charge in [-0.2, -0.15) is 23.1 Å². The molecule has 3 aromatic heterocycles. The lowest BCUT2D eigenvalue weighted by molar-refractivity contribution is -0.137. The lowest BCUT2D eigenvalue weighted by Crippen LogP contribution is -2.62. The smallest absolute Gasteiger partial charge is 0.418 e. The van der Waals surface area contributed by atoms with Gasteiger partial charge in [-0.1, -0.05) is 0 Å². The molecule has 0 aromatic carbocycles. The van der Waals surface area contributed by atoms with E-state index >= 15 is 4.39 Å². The SMILES string of the molecule is Cc1nc(N)cc(-c2nc3c4c(nc(OCC5(CN6CC[C@H]7OCC[C@H]76)CC5)nc4c2F)N2C[C@H]4CC[C@H](N4)[C@H]2[C@H](C)O3)c1C(F)(F)F. The number of aryl methyl sites for hydroxylation is 1. The fourth-order valence-corrected chi connectivity index (χ4v) is 8.93. The predicted molar refractivity (Wildman–Crippen MR) is 167 cm³/mol. The van der Waals surface area contributed by atoms with E-state index in [0.29, 0.717) is 31.1 Å². The molecule has 0 amide bonds. The molecular formula is C33H38F4N8O3. The van der Waals surface area contributed by atoms with Crippen molar-refractivity contribution in [2.45, 2.75) is 94.9 Å². The predicted octanol–water partition coefficient (Wildman–Crippen LogP) is 4.25. The van der Waals surface area contributed by atoms with Gasteiger partial charge in [-0.05, 0) is 58.4 Å². The molecule has 3 aromatic rings. The van der Waals surface area contributed by atoms with Crippen LogP contribution in [0.4, 0.5) is 29.2 Å². The highest BCUT2D eigenvalue weighted by Crippen LogP contribution is 2.49. The molecule has 6 aliphatic rings. The first-order valence-electron chi connectivity index (χ1n) is 16.9. The molecule has 9 rings (SSSR count). The quantitative estimate of drug-likeness (QED) is 0.366. The molecule has 11 nitrogen and oxygen atoms in total. The number of piperazine rings is 1. The van der Waals surface area contributed by atoms with Gasteiger partial charge in [-0.15, -0.1) is 0 Å². The van der Waals surface area contributed by atoms with E-state index in [1.807, 2.05) is 6.92 Å². The lowest BCUT2D eigenvalue weighted by Gasteiger charge is -2.42. The molecule has 1 saturated carbocycles. The molecule has 4 saturated heterocycles. The van der Waals surface area contributed by atoms with Crippen molar-refractivity contribution in [2.75, 3.05) is 43.5 Å². The number of pyridine rings is 2. The van der Waals surface area contributed by atoms with Gasteiger partial charge in [0.2, 0.25) is 5.88 Å². The zero-order chi connectivity index (χ0) is 33.1. The van der Waals surface area contributed by atoms with Crippen LogP contribution in [0, 0.1) is 18.2 Å². The van der Waals surface area contributed by atoms with Crippen LogP contribution in [0.5, 0.6) is 11.9 Å². The third kappa shape index (κ3) is 4.86. The van der Waals surface area contributed by atoms with E-state index in [2.05, 4.69) is 30.1 Å². The van der Waals surface area contributed by atoms with Crippen molar-refractivity contribution in [3.05, 3.63) is 23.1 Å². The molecule has 15 heteroatoms. The van der Waals surface area contributed by atoms with Crippen molar-refractivity contribution >= 4 is 22.5 Å². The minimum absolute atomic E-state index is 0.0186. The summed E-state index contributed by atoms with van der Waals surface area (Å²) >= 11 is 0. The number of hydrogen-bond acceptors (Lipinski definition) is 11. The highest BCUT2D eigenvalue weighted by molar-refractivity contribution is 5.97. The lowest BCUT2D eigenvalue weighted by atomic mass is 9.99. The first kappa shape index (κ1) is 30.5. The summed E-state index contributed by atoms with van der Waals surface area (Å²) < 4.78 is 78.7. The number of fused-ring (bicyclic) bond motifs is 6. The second-order valence-electron chi connectivity index (χ2n) is 14.5. The average Bonchev–Trinajstić information content (AvgIpc) is 3.29. The van der Waals surface area contributed by atoms with Gasteiger partial charge >= 0.3 is 12.2 Å². The van der Waals surface area contributed by atoms with Gasteiger partial charge < -0.3 is 30.2 Å². The molecule has 256 valence electrons. The second kappa shape index (κ2) is 10.7. The Morgan fingerprint density at radius 3 is 2.75 bits per heavy atom. The van der Waals surface area contributed by atoms with E-state index in [4.69, 9.17) is 24.9 Å². The number of nitrogens with one attached hydrogen (secondary N) is 1. The van der Waals surface area contributed by atoms with Crippen LogP contribution in [0.25, 0.3) is 22.2 Å². The maximum Gasteiger partial charge on any atom is 0.418 e. The van der Waals surface area contributed by atoms with Crippen LogP contribution in [0.1, 0.15) is 56.7 Å². The van der Waals surface area contributed by atoms with Crippen LogP contribution in [0.2, 0.25) is 0 Å².